The lowest BCUT2D eigenvalue weighted by molar-refractivity contribution is 0.223. The van der Waals surface area contributed by atoms with Gasteiger partial charge in [-0.1, -0.05) is 0 Å². The summed E-state index contributed by atoms with van der Waals surface area (Å²) in [6.07, 6.45) is -0.584. The molecular weight excluding hydrogens is 324 g/mol. The molecule has 0 saturated heterocycles. The Bertz CT molecular complexity index is 585. The van der Waals surface area contributed by atoms with Crippen molar-refractivity contribution in [2.45, 2.75) is 26.9 Å². The zero-order valence-corrected chi connectivity index (χ0v) is 13.9. The molecule has 0 aliphatic rings. The molecule has 1 unspecified atom stereocenters. The van der Waals surface area contributed by atoms with Crippen molar-refractivity contribution in [1.29, 1.82) is 0 Å². The average molecular weight is 341 g/mol. The van der Waals surface area contributed by atoms with Gasteiger partial charge in [0, 0.05) is 4.88 Å². The number of ether oxygens (including phenoxy) is 1. The number of thiophene rings is 1. The molecule has 2 rings (SSSR count). The summed E-state index contributed by atoms with van der Waals surface area (Å²) in [7, 11) is 1.66. The highest BCUT2D eigenvalue weighted by Gasteiger charge is 2.18. The summed E-state index contributed by atoms with van der Waals surface area (Å²) >= 11 is 5.08. The monoisotopic (exact) mass is 340 g/mol. The van der Waals surface area contributed by atoms with Crippen molar-refractivity contribution in [3.63, 3.8) is 0 Å². The van der Waals surface area contributed by atoms with E-state index in [1.807, 2.05) is 39.0 Å². The molecule has 0 fully saturated rings. The first-order valence-electron chi connectivity index (χ1n) is 6.03. The Labute approximate surface area is 126 Å². The van der Waals surface area contributed by atoms with Crippen LogP contribution in [-0.4, -0.2) is 12.2 Å². The number of halogens is 1. The minimum atomic E-state index is -0.584. The maximum Gasteiger partial charge on any atom is 0.122 e. The number of benzene rings is 1. The summed E-state index contributed by atoms with van der Waals surface area (Å²) < 4.78 is 6.38. The molecule has 1 atom stereocenters. The van der Waals surface area contributed by atoms with Crippen molar-refractivity contribution in [2.75, 3.05) is 7.11 Å². The molecule has 0 bridgehead atoms. The lowest BCUT2D eigenvalue weighted by atomic mass is 9.99. The van der Waals surface area contributed by atoms with Crippen LogP contribution < -0.4 is 4.74 Å². The Hall–Kier alpha value is -0.840. The maximum absolute atomic E-state index is 10.5. The summed E-state index contributed by atoms with van der Waals surface area (Å²) in [5, 5.41) is 10.5. The number of aliphatic hydroxyl groups is 1. The largest absolute Gasteiger partial charge is 0.496 e. The van der Waals surface area contributed by atoms with Crippen molar-refractivity contribution >= 4 is 27.3 Å². The third kappa shape index (κ3) is 2.86. The minimum absolute atomic E-state index is 0.584. The van der Waals surface area contributed by atoms with E-state index >= 15 is 0 Å². The SMILES string of the molecule is COc1cc(C)c(C(O)c2cc(C)c(Br)s2)cc1C. The van der Waals surface area contributed by atoms with Gasteiger partial charge in [0.1, 0.15) is 11.9 Å². The van der Waals surface area contributed by atoms with Gasteiger partial charge in [0.25, 0.3) is 0 Å². The second-order valence-corrected chi connectivity index (χ2v) is 7.09. The van der Waals surface area contributed by atoms with Gasteiger partial charge < -0.3 is 9.84 Å². The van der Waals surface area contributed by atoms with E-state index in [9.17, 15) is 5.11 Å². The minimum Gasteiger partial charge on any atom is -0.496 e. The van der Waals surface area contributed by atoms with Crippen LogP contribution in [0.4, 0.5) is 0 Å². The molecule has 19 heavy (non-hydrogen) atoms. The van der Waals surface area contributed by atoms with Crippen LogP contribution in [0, 0.1) is 20.8 Å². The molecule has 1 aromatic carbocycles. The summed E-state index contributed by atoms with van der Waals surface area (Å²) in [6.45, 7) is 6.02. The third-order valence-electron chi connectivity index (χ3n) is 3.22. The fraction of sp³-hybridized carbons (Fsp3) is 0.333. The predicted molar refractivity (Wildman–Crippen MR) is 83.3 cm³/mol. The van der Waals surface area contributed by atoms with Crippen molar-refractivity contribution in [1.82, 2.24) is 0 Å². The van der Waals surface area contributed by atoms with Gasteiger partial charge in [-0.15, -0.1) is 11.3 Å². The Balaban J connectivity index is 2.44. The second-order valence-electron chi connectivity index (χ2n) is 4.69. The summed E-state index contributed by atoms with van der Waals surface area (Å²) in [5.41, 5.74) is 4.17. The van der Waals surface area contributed by atoms with Gasteiger partial charge in [-0.25, -0.2) is 0 Å². The molecule has 0 amide bonds. The smallest absolute Gasteiger partial charge is 0.122 e. The fourth-order valence-corrected chi connectivity index (χ4v) is 3.67. The molecule has 2 nitrogen and oxygen atoms in total. The van der Waals surface area contributed by atoms with Crippen LogP contribution in [0.1, 0.15) is 33.2 Å². The topological polar surface area (TPSA) is 29.5 Å². The summed E-state index contributed by atoms with van der Waals surface area (Å²) in [4.78, 5) is 0.956. The average Bonchev–Trinajstić information content (AvgIpc) is 2.71. The van der Waals surface area contributed by atoms with E-state index in [1.165, 1.54) is 0 Å². The van der Waals surface area contributed by atoms with Gasteiger partial charge in [-0.2, -0.15) is 0 Å². The highest BCUT2D eigenvalue weighted by atomic mass is 79.9. The lowest BCUT2D eigenvalue weighted by Crippen LogP contribution is -2.02. The van der Waals surface area contributed by atoms with Crippen LogP contribution in [-0.2, 0) is 0 Å². The molecule has 0 saturated carbocycles. The molecule has 2 aromatic rings. The van der Waals surface area contributed by atoms with E-state index in [0.717, 1.165) is 36.7 Å². The Morgan fingerprint density at radius 1 is 1.11 bits per heavy atom. The zero-order valence-electron chi connectivity index (χ0n) is 11.5. The van der Waals surface area contributed by atoms with Gasteiger partial charge in [0.2, 0.25) is 0 Å². The van der Waals surface area contributed by atoms with Gasteiger partial charge >= 0.3 is 0 Å². The Morgan fingerprint density at radius 2 is 1.79 bits per heavy atom. The third-order valence-corrected chi connectivity index (χ3v) is 5.41. The molecule has 102 valence electrons. The molecule has 0 radical (unpaired) electrons. The van der Waals surface area contributed by atoms with Crippen LogP contribution in [0.15, 0.2) is 22.0 Å². The summed E-state index contributed by atoms with van der Waals surface area (Å²) in [5.74, 6) is 0.858. The first-order chi connectivity index (χ1) is 8.93. The first-order valence-corrected chi connectivity index (χ1v) is 7.64. The van der Waals surface area contributed by atoms with Gasteiger partial charge in [-0.3, -0.25) is 0 Å². The number of hydrogen-bond acceptors (Lipinski definition) is 3. The van der Waals surface area contributed by atoms with E-state index < -0.39 is 6.10 Å². The number of rotatable bonds is 3. The molecule has 1 heterocycles. The number of aryl methyl sites for hydroxylation is 3. The van der Waals surface area contributed by atoms with Crippen LogP contribution in [0.5, 0.6) is 5.75 Å². The summed E-state index contributed by atoms with van der Waals surface area (Å²) in [6, 6.07) is 6.00. The van der Waals surface area contributed by atoms with Crippen LogP contribution in [0.3, 0.4) is 0 Å². The van der Waals surface area contributed by atoms with E-state index in [0.29, 0.717) is 0 Å². The van der Waals surface area contributed by atoms with Crippen LogP contribution >= 0.6 is 27.3 Å². The Kier molecular flexibility index (Phi) is 4.33. The highest BCUT2D eigenvalue weighted by Crippen LogP contribution is 2.36. The first kappa shape index (κ1) is 14.6. The molecule has 4 heteroatoms. The van der Waals surface area contributed by atoms with E-state index in [1.54, 1.807) is 18.4 Å². The van der Waals surface area contributed by atoms with Crippen LogP contribution in [0.25, 0.3) is 0 Å². The predicted octanol–water partition coefficient (Wildman–Crippen LogP) is 4.53. The van der Waals surface area contributed by atoms with Gasteiger partial charge in [-0.05, 0) is 77.2 Å². The van der Waals surface area contributed by atoms with E-state index in [2.05, 4.69) is 15.9 Å². The number of hydrogen-bond donors (Lipinski definition) is 1. The van der Waals surface area contributed by atoms with Crippen molar-refractivity contribution in [3.05, 3.63) is 49.1 Å². The number of aliphatic hydroxyl groups excluding tert-OH is 1. The Morgan fingerprint density at radius 3 is 2.32 bits per heavy atom. The van der Waals surface area contributed by atoms with Crippen molar-refractivity contribution in [3.8, 4) is 5.75 Å². The normalized spacial score (nSPS) is 12.5. The fourth-order valence-electron chi connectivity index (χ4n) is 2.10. The van der Waals surface area contributed by atoms with Gasteiger partial charge in [0.15, 0.2) is 0 Å². The standard InChI is InChI=1S/C15H17BrO2S/c1-8-6-12(18-4)9(2)5-11(8)14(17)13-7-10(3)15(16)19-13/h5-7,14,17H,1-4H3. The van der Waals surface area contributed by atoms with Crippen molar-refractivity contribution < 1.29 is 9.84 Å². The molecular formula is C15H17BrO2S. The van der Waals surface area contributed by atoms with E-state index in [4.69, 9.17) is 4.74 Å². The molecule has 0 spiro atoms. The zero-order chi connectivity index (χ0) is 14.2. The van der Waals surface area contributed by atoms with Gasteiger partial charge in [0.05, 0.1) is 10.9 Å². The molecule has 0 aliphatic heterocycles. The van der Waals surface area contributed by atoms with Crippen LogP contribution in [0.2, 0.25) is 0 Å². The van der Waals surface area contributed by atoms with Crippen molar-refractivity contribution in [2.24, 2.45) is 0 Å². The lowest BCUT2D eigenvalue weighted by Gasteiger charge is -2.15. The molecule has 1 N–H and O–H groups in total. The second kappa shape index (κ2) is 5.65. The quantitative estimate of drug-likeness (QED) is 0.889. The maximum atomic E-state index is 10.5. The molecule has 0 aliphatic carbocycles. The number of methoxy groups -OCH3 is 1. The molecule has 1 aromatic heterocycles. The van der Waals surface area contributed by atoms with E-state index in [-0.39, 0.29) is 0 Å². The highest BCUT2D eigenvalue weighted by molar-refractivity contribution is 9.11.